The van der Waals surface area contributed by atoms with Crippen molar-refractivity contribution in [3.8, 4) is 0 Å². The van der Waals surface area contributed by atoms with Gasteiger partial charge in [-0.05, 0) is 33.8 Å². The molecule has 0 N–H and O–H groups in total. The van der Waals surface area contributed by atoms with E-state index in [1.165, 1.54) is 11.9 Å². The van der Waals surface area contributed by atoms with Crippen molar-refractivity contribution in [2.24, 2.45) is 0 Å². The van der Waals surface area contributed by atoms with Crippen molar-refractivity contribution in [3.05, 3.63) is 28.8 Å². The molecule has 0 aliphatic rings. The average molecular weight is 282 g/mol. The molecule has 0 spiro atoms. The molecule has 2 aromatic heterocycles. The van der Waals surface area contributed by atoms with E-state index in [-0.39, 0.29) is 0 Å². The summed E-state index contributed by atoms with van der Waals surface area (Å²) in [4.78, 5) is 4.12. The predicted molar refractivity (Wildman–Crippen MR) is 78.3 cm³/mol. The molecule has 2 heterocycles. The minimum absolute atomic E-state index is 0.541. The highest BCUT2D eigenvalue weighted by Gasteiger charge is 2.24. The normalized spacial score (nSPS) is 12.3. The summed E-state index contributed by atoms with van der Waals surface area (Å²) in [5.74, 6) is 0. The number of hydrogen-bond acceptors (Lipinski definition) is 2. The third kappa shape index (κ3) is 2.47. The molecule has 0 aliphatic carbocycles. The van der Waals surface area contributed by atoms with Gasteiger partial charge < -0.3 is 4.48 Å². The van der Waals surface area contributed by atoms with Crippen LogP contribution < -0.4 is 0 Å². The zero-order chi connectivity index (χ0) is 14.0. The first-order valence-corrected chi connectivity index (χ1v) is 7.27. The van der Waals surface area contributed by atoms with Crippen LogP contribution in [-0.4, -0.2) is 38.7 Å². The van der Waals surface area contributed by atoms with Crippen molar-refractivity contribution in [1.29, 1.82) is 0 Å². The van der Waals surface area contributed by atoms with E-state index >= 15 is 0 Å². The number of rotatable bonds is 5. The number of hydrogen-bond donors (Lipinski definition) is 0. The van der Waals surface area contributed by atoms with Gasteiger partial charge in [0.2, 0.25) is 0 Å². The van der Waals surface area contributed by atoms with Crippen LogP contribution >= 0.6 is 11.6 Å². The lowest BCUT2D eigenvalue weighted by Gasteiger charge is -2.35. The molecular formula is C14H22ClN4+. The van der Waals surface area contributed by atoms with Gasteiger partial charge in [-0.25, -0.2) is 9.50 Å². The molecule has 104 valence electrons. The Bertz CT molecular complexity index is 564. The summed E-state index contributed by atoms with van der Waals surface area (Å²) in [5.41, 5.74) is 3.31. The van der Waals surface area contributed by atoms with E-state index in [4.69, 9.17) is 11.6 Å². The predicted octanol–water partition coefficient (Wildman–Crippen LogP) is 3.07. The van der Waals surface area contributed by atoms with Crippen molar-refractivity contribution in [2.45, 2.75) is 34.2 Å². The van der Waals surface area contributed by atoms with E-state index < -0.39 is 0 Å². The molecule has 0 unspecified atom stereocenters. The Morgan fingerprint density at radius 2 is 1.84 bits per heavy atom. The highest BCUT2D eigenvalue weighted by molar-refractivity contribution is 6.32. The van der Waals surface area contributed by atoms with Gasteiger partial charge in [0, 0.05) is 11.3 Å². The lowest BCUT2D eigenvalue weighted by atomic mass is 10.2. The molecule has 0 aromatic carbocycles. The zero-order valence-electron chi connectivity index (χ0n) is 12.1. The van der Waals surface area contributed by atoms with Gasteiger partial charge in [-0.1, -0.05) is 11.6 Å². The fraction of sp³-hybridized carbons (Fsp3) is 0.571. The molecule has 0 aliphatic heterocycles. The van der Waals surface area contributed by atoms with Crippen LogP contribution in [0.4, 0.5) is 0 Å². The van der Waals surface area contributed by atoms with E-state index in [0.29, 0.717) is 5.15 Å². The molecule has 0 amide bonds. The van der Waals surface area contributed by atoms with Crippen LogP contribution in [0.3, 0.4) is 0 Å². The maximum Gasteiger partial charge on any atom is 0.157 e. The topological polar surface area (TPSA) is 30.2 Å². The van der Waals surface area contributed by atoms with Crippen LogP contribution in [0.2, 0.25) is 5.15 Å². The number of quaternary nitrogens is 1. The van der Waals surface area contributed by atoms with E-state index in [0.717, 1.165) is 41.9 Å². The number of aromatic nitrogens is 3. The number of halogens is 1. The maximum atomic E-state index is 6.26. The van der Waals surface area contributed by atoms with Crippen LogP contribution in [0.1, 0.15) is 32.0 Å². The minimum Gasteiger partial charge on any atom is -0.320 e. The standard InChI is InChI=1S/C14H22ClN4/c1-5-19(6-2,7-3)9-12-8-11(4)18-13(12)14(15)16-10-17-18/h8,10H,5-7,9H2,1-4H3/q+1. The van der Waals surface area contributed by atoms with Crippen molar-refractivity contribution < 1.29 is 4.48 Å². The summed E-state index contributed by atoms with van der Waals surface area (Å²) in [6.07, 6.45) is 1.51. The summed E-state index contributed by atoms with van der Waals surface area (Å²) in [6, 6.07) is 2.18. The van der Waals surface area contributed by atoms with Crippen LogP contribution in [0, 0.1) is 6.92 Å². The Morgan fingerprint density at radius 3 is 2.42 bits per heavy atom. The third-order valence-corrected chi connectivity index (χ3v) is 4.56. The largest absolute Gasteiger partial charge is 0.320 e. The summed E-state index contributed by atoms with van der Waals surface area (Å²) in [5, 5.41) is 4.83. The number of nitrogens with zero attached hydrogens (tertiary/aromatic N) is 4. The second-order valence-corrected chi connectivity index (χ2v) is 5.43. The molecule has 0 saturated carbocycles. The van der Waals surface area contributed by atoms with Gasteiger partial charge in [0.05, 0.1) is 19.6 Å². The van der Waals surface area contributed by atoms with Crippen molar-refractivity contribution in [1.82, 2.24) is 14.6 Å². The Labute approximate surface area is 119 Å². The van der Waals surface area contributed by atoms with Gasteiger partial charge in [0.15, 0.2) is 5.15 Å². The van der Waals surface area contributed by atoms with Gasteiger partial charge in [0.25, 0.3) is 0 Å². The zero-order valence-corrected chi connectivity index (χ0v) is 12.9. The fourth-order valence-corrected chi connectivity index (χ4v) is 2.99. The maximum absolute atomic E-state index is 6.26. The average Bonchev–Trinajstić information content (AvgIpc) is 2.74. The molecule has 0 saturated heterocycles. The number of aryl methyl sites for hydroxylation is 1. The quantitative estimate of drug-likeness (QED) is 0.789. The summed E-state index contributed by atoms with van der Waals surface area (Å²) >= 11 is 6.26. The first-order valence-electron chi connectivity index (χ1n) is 6.89. The Hall–Kier alpha value is -1.13. The number of fused-ring (bicyclic) bond motifs is 1. The third-order valence-electron chi connectivity index (χ3n) is 4.28. The van der Waals surface area contributed by atoms with E-state index in [1.54, 1.807) is 0 Å². The van der Waals surface area contributed by atoms with Crippen molar-refractivity contribution >= 4 is 17.1 Å². The minimum atomic E-state index is 0.541. The Morgan fingerprint density at radius 1 is 1.21 bits per heavy atom. The van der Waals surface area contributed by atoms with Crippen LogP contribution in [0.5, 0.6) is 0 Å². The van der Waals surface area contributed by atoms with Crippen LogP contribution in [0.25, 0.3) is 5.52 Å². The Kier molecular flexibility index (Phi) is 4.11. The van der Waals surface area contributed by atoms with Crippen LogP contribution in [-0.2, 0) is 6.54 Å². The lowest BCUT2D eigenvalue weighted by Crippen LogP contribution is -2.46. The molecule has 2 rings (SSSR count). The SMILES string of the molecule is CC[N+](CC)(CC)Cc1cc(C)n2ncnc(Cl)c12. The van der Waals surface area contributed by atoms with Gasteiger partial charge in [-0.2, -0.15) is 5.10 Å². The van der Waals surface area contributed by atoms with E-state index in [1.807, 2.05) is 4.52 Å². The molecule has 0 atom stereocenters. The van der Waals surface area contributed by atoms with Crippen LogP contribution in [0.15, 0.2) is 12.4 Å². The molecule has 5 heteroatoms. The summed E-state index contributed by atoms with van der Waals surface area (Å²) in [7, 11) is 0. The smallest absolute Gasteiger partial charge is 0.157 e. The van der Waals surface area contributed by atoms with E-state index in [2.05, 4.69) is 43.8 Å². The van der Waals surface area contributed by atoms with Crippen molar-refractivity contribution in [2.75, 3.05) is 19.6 Å². The monoisotopic (exact) mass is 281 g/mol. The van der Waals surface area contributed by atoms with Crippen molar-refractivity contribution in [3.63, 3.8) is 0 Å². The molecule has 4 nitrogen and oxygen atoms in total. The lowest BCUT2D eigenvalue weighted by molar-refractivity contribution is -0.936. The molecule has 0 radical (unpaired) electrons. The molecule has 19 heavy (non-hydrogen) atoms. The molecular weight excluding hydrogens is 260 g/mol. The first kappa shape index (κ1) is 14.3. The molecule has 2 aromatic rings. The highest BCUT2D eigenvalue weighted by atomic mass is 35.5. The van der Waals surface area contributed by atoms with Gasteiger partial charge in [-0.3, -0.25) is 0 Å². The molecule has 0 fully saturated rings. The Balaban J connectivity index is 2.52. The van der Waals surface area contributed by atoms with Gasteiger partial charge in [0.1, 0.15) is 18.4 Å². The second kappa shape index (κ2) is 5.47. The highest BCUT2D eigenvalue weighted by Crippen LogP contribution is 2.25. The first-order chi connectivity index (χ1) is 9.06. The summed E-state index contributed by atoms with van der Waals surface area (Å²) < 4.78 is 2.95. The summed E-state index contributed by atoms with van der Waals surface area (Å²) in [6.45, 7) is 13.1. The van der Waals surface area contributed by atoms with E-state index in [9.17, 15) is 0 Å². The molecule has 0 bridgehead atoms. The van der Waals surface area contributed by atoms with Gasteiger partial charge >= 0.3 is 0 Å². The fourth-order valence-electron chi connectivity index (χ4n) is 2.74. The second-order valence-electron chi connectivity index (χ2n) is 5.07. The van der Waals surface area contributed by atoms with Gasteiger partial charge in [-0.15, -0.1) is 0 Å².